The van der Waals surface area contributed by atoms with Crippen LogP contribution in [0.25, 0.3) is 21.6 Å². The van der Waals surface area contributed by atoms with Crippen molar-refractivity contribution >= 4 is 33.3 Å². The van der Waals surface area contributed by atoms with Crippen molar-refractivity contribution in [3.63, 3.8) is 0 Å². The third kappa shape index (κ3) is 3.27. The minimum Gasteiger partial charge on any atom is -0.369 e. The topological polar surface area (TPSA) is 85.0 Å². The fourth-order valence-corrected chi connectivity index (χ4v) is 5.86. The van der Waals surface area contributed by atoms with Gasteiger partial charge in [-0.05, 0) is 63.1 Å². The first-order valence-corrected chi connectivity index (χ1v) is 11.2. The highest BCUT2D eigenvalue weighted by Crippen LogP contribution is 2.42. The molecule has 1 aliphatic heterocycles. The maximum atomic E-state index is 11.9. The first-order valence-electron chi connectivity index (χ1n) is 10.4. The molecule has 1 amide bonds. The molecule has 0 bridgehead atoms. The van der Waals surface area contributed by atoms with Crippen LogP contribution >= 0.6 is 11.3 Å². The van der Waals surface area contributed by atoms with Gasteiger partial charge in [0, 0.05) is 35.4 Å². The van der Waals surface area contributed by atoms with Gasteiger partial charge in [0.05, 0.1) is 11.3 Å². The molecular weight excluding hydrogens is 382 g/mol. The number of hydrogen-bond donors (Lipinski definition) is 1. The molecule has 1 fully saturated rings. The third-order valence-corrected chi connectivity index (χ3v) is 7.46. The van der Waals surface area contributed by atoms with Gasteiger partial charge in [-0.25, -0.2) is 9.97 Å². The molecular formula is C22H25N5OS. The predicted molar refractivity (Wildman–Crippen MR) is 116 cm³/mol. The highest BCUT2D eigenvalue weighted by Gasteiger charge is 2.32. The highest BCUT2D eigenvalue weighted by atomic mass is 32.1. The number of pyridine rings is 1. The Morgan fingerprint density at radius 3 is 2.90 bits per heavy atom. The summed E-state index contributed by atoms with van der Waals surface area (Å²) >= 11 is 1.81. The normalized spacial score (nSPS) is 21.9. The number of fused-ring (bicyclic) bond motifs is 3. The third-order valence-electron chi connectivity index (χ3n) is 6.27. The summed E-state index contributed by atoms with van der Waals surface area (Å²) in [7, 11) is 0. The number of primary amides is 1. The number of thiophene rings is 1. The van der Waals surface area contributed by atoms with Gasteiger partial charge in [0.25, 0.3) is 0 Å². The lowest BCUT2D eigenvalue weighted by molar-refractivity contribution is -0.122. The van der Waals surface area contributed by atoms with E-state index in [4.69, 9.17) is 15.7 Å². The number of nitrogens with two attached hydrogens (primary N) is 1. The van der Waals surface area contributed by atoms with Gasteiger partial charge < -0.3 is 10.6 Å². The van der Waals surface area contributed by atoms with Crippen LogP contribution in [0.3, 0.4) is 0 Å². The summed E-state index contributed by atoms with van der Waals surface area (Å²) in [6, 6.07) is 4.22. The standard InChI is InChI=1S/C22H25N5OS/c1-13-8-9-15(19(23)28)12-27(13)21-18-16-6-2-3-7-17(16)29-22(18)26-20(25-21)14-5-4-10-24-11-14/h4-5,10-11,13,15H,2-3,6-9,12H2,1H3,(H2,23,28)/t13-,15-/m0/s1. The summed E-state index contributed by atoms with van der Waals surface area (Å²) in [5, 5.41) is 1.19. The van der Waals surface area contributed by atoms with E-state index in [1.54, 1.807) is 17.5 Å². The molecule has 2 N–H and O–H groups in total. The molecule has 2 atom stereocenters. The second kappa shape index (κ2) is 7.37. The molecule has 4 heterocycles. The Bertz CT molecular complexity index is 1060. The summed E-state index contributed by atoms with van der Waals surface area (Å²) < 4.78 is 0. The Morgan fingerprint density at radius 1 is 1.24 bits per heavy atom. The number of nitrogens with zero attached hydrogens (tertiary/aromatic N) is 4. The van der Waals surface area contributed by atoms with Gasteiger partial charge in [-0.3, -0.25) is 9.78 Å². The minimum absolute atomic E-state index is 0.132. The number of rotatable bonds is 3. The summed E-state index contributed by atoms with van der Waals surface area (Å²) in [6.07, 6.45) is 10.0. The van der Waals surface area contributed by atoms with Crippen LogP contribution in [-0.4, -0.2) is 33.4 Å². The summed E-state index contributed by atoms with van der Waals surface area (Å²) in [5.74, 6) is 1.32. The zero-order valence-corrected chi connectivity index (χ0v) is 17.4. The summed E-state index contributed by atoms with van der Waals surface area (Å²) in [4.78, 5) is 31.0. The van der Waals surface area contributed by atoms with E-state index >= 15 is 0 Å². The van der Waals surface area contributed by atoms with Crippen LogP contribution in [0.2, 0.25) is 0 Å². The van der Waals surface area contributed by atoms with E-state index < -0.39 is 0 Å². The second-order valence-corrected chi connectivity index (χ2v) is 9.27. The molecule has 29 heavy (non-hydrogen) atoms. The van der Waals surface area contributed by atoms with Crippen LogP contribution in [0.4, 0.5) is 5.82 Å². The number of aromatic nitrogens is 3. The number of anilines is 1. The van der Waals surface area contributed by atoms with Crippen molar-refractivity contribution in [1.29, 1.82) is 0 Å². The van der Waals surface area contributed by atoms with Crippen molar-refractivity contribution in [2.45, 2.75) is 51.5 Å². The largest absolute Gasteiger partial charge is 0.369 e. The Morgan fingerprint density at radius 2 is 2.10 bits per heavy atom. The van der Waals surface area contributed by atoms with Gasteiger partial charge >= 0.3 is 0 Å². The number of aryl methyl sites for hydroxylation is 2. The SMILES string of the molecule is C[C@H]1CC[C@H](C(N)=O)CN1c1nc(-c2cccnc2)nc2sc3c(c12)CCCC3. The Hall–Kier alpha value is -2.54. The molecule has 3 aromatic heterocycles. The van der Waals surface area contributed by atoms with Crippen molar-refractivity contribution in [3.05, 3.63) is 35.0 Å². The zero-order chi connectivity index (χ0) is 20.0. The fourth-order valence-electron chi connectivity index (χ4n) is 4.60. The first kappa shape index (κ1) is 18.5. The molecule has 5 rings (SSSR count). The van der Waals surface area contributed by atoms with Crippen molar-refractivity contribution in [3.8, 4) is 11.4 Å². The van der Waals surface area contributed by atoms with Crippen molar-refractivity contribution in [2.24, 2.45) is 11.7 Å². The lowest BCUT2D eigenvalue weighted by Gasteiger charge is -2.38. The predicted octanol–water partition coefficient (Wildman–Crippen LogP) is 3.72. The highest BCUT2D eigenvalue weighted by molar-refractivity contribution is 7.19. The molecule has 0 saturated carbocycles. The molecule has 2 aliphatic rings. The van der Waals surface area contributed by atoms with Crippen LogP contribution in [0, 0.1) is 5.92 Å². The lowest BCUT2D eigenvalue weighted by atomic mass is 9.92. The van der Waals surface area contributed by atoms with Crippen molar-refractivity contribution < 1.29 is 4.79 Å². The second-order valence-electron chi connectivity index (χ2n) is 8.18. The Labute approximate surface area is 174 Å². The zero-order valence-electron chi connectivity index (χ0n) is 16.6. The van der Waals surface area contributed by atoms with Gasteiger partial charge in [-0.2, -0.15) is 0 Å². The van der Waals surface area contributed by atoms with E-state index in [9.17, 15) is 4.79 Å². The Kier molecular flexibility index (Phi) is 4.70. The van der Waals surface area contributed by atoms with Crippen LogP contribution in [0.5, 0.6) is 0 Å². The van der Waals surface area contributed by atoms with Gasteiger partial charge in [0.2, 0.25) is 5.91 Å². The smallest absolute Gasteiger partial charge is 0.222 e. The van der Waals surface area contributed by atoms with E-state index in [-0.39, 0.29) is 11.8 Å². The minimum atomic E-state index is -0.216. The molecule has 7 heteroatoms. The molecule has 150 valence electrons. The number of carbonyl (C=O) groups is 1. The molecule has 0 radical (unpaired) electrons. The summed E-state index contributed by atoms with van der Waals surface area (Å²) in [6.45, 7) is 2.84. The van der Waals surface area contributed by atoms with E-state index in [1.807, 2.05) is 18.3 Å². The fraction of sp³-hybridized carbons (Fsp3) is 0.455. The molecule has 0 aromatic carbocycles. The Balaban J connectivity index is 1.71. The van der Waals surface area contributed by atoms with Crippen LogP contribution in [0.1, 0.15) is 43.0 Å². The van der Waals surface area contributed by atoms with E-state index in [0.29, 0.717) is 18.4 Å². The molecule has 3 aromatic rings. The van der Waals surface area contributed by atoms with Crippen molar-refractivity contribution in [2.75, 3.05) is 11.4 Å². The van der Waals surface area contributed by atoms with Gasteiger partial charge in [0.1, 0.15) is 10.6 Å². The number of carbonyl (C=O) groups excluding carboxylic acids is 1. The van der Waals surface area contributed by atoms with Crippen LogP contribution in [-0.2, 0) is 17.6 Å². The monoisotopic (exact) mass is 407 g/mol. The van der Waals surface area contributed by atoms with E-state index in [2.05, 4.69) is 16.8 Å². The maximum absolute atomic E-state index is 11.9. The molecule has 0 spiro atoms. The van der Waals surface area contributed by atoms with Crippen molar-refractivity contribution in [1.82, 2.24) is 15.0 Å². The molecule has 6 nitrogen and oxygen atoms in total. The first-order chi connectivity index (χ1) is 14.1. The quantitative estimate of drug-likeness (QED) is 0.715. The van der Waals surface area contributed by atoms with E-state index in [1.165, 1.54) is 28.7 Å². The number of amides is 1. The van der Waals surface area contributed by atoms with Crippen LogP contribution < -0.4 is 10.6 Å². The average molecular weight is 408 g/mol. The molecule has 1 aliphatic carbocycles. The molecule has 0 unspecified atom stereocenters. The van der Waals surface area contributed by atoms with Gasteiger partial charge in [-0.1, -0.05) is 0 Å². The van der Waals surface area contributed by atoms with Gasteiger partial charge in [0.15, 0.2) is 5.82 Å². The maximum Gasteiger partial charge on any atom is 0.222 e. The summed E-state index contributed by atoms with van der Waals surface area (Å²) in [5.41, 5.74) is 8.00. The number of hydrogen-bond acceptors (Lipinski definition) is 6. The average Bonchev–Trinajstić information content (AvgIpc) is 3.12. The van der Waals surface area contributed by atoms with Gasteiger partial charge in [-0.15, -0.1) is 11.3 Å². The van der Waals surface area contributed by atoms with E-state index in [0.717, 1.165) is 41.9 Å². The van der Waals surface area contributed by atoms with Crippen LogP contribution in [0.15, 0.2) is 24.5 Å². The lowest BCUT2D eigenvalue weighted by Crippen LogP contribution is -2.46. The number of piperidine rings is 1. The molecule has 1 saturated heterocycles.